The smallest absolute Gasteiger partial charge is 0.225 e. The number of sulfonamides is 1. The van der Waals surface area contributed by atoms with Gasteiger partial charge < -0.3 is 5.11 Å². The number of aliphatic hydroxyl groups excluding tert-OH is 1. The number of rotatable bonds is 4. The molecule has 5 nitrogen and oxygen atoms in total. The summed E-state index contributed by atoms with van der Waals surface area (Å²) in [6.07, 6.45) is 2.94. The highest BCUT2D eigenvalue weighted by Crippen LogP contribution is 2.23. The minimum absolute atomic E-state index is 0.225. The van der Waals surface area contributed by atoms with Crippen LogP contribution < -0.4 is 4.72 Å². The van der Waals surface area contributed by atoms with E-state index in [0.29, 0.717) is 12.5 Å². The van der Waals surface area contributed by atoms with Crippen molar-refractivity contribution in [3.8, 4) is 6.07 Å². The van der Waals surface area contributed by atoms with Crippen LogP contribution in [0.25, 0.3) is 0 Å². The van der Waals surface area contributed by atoms with E-state index in [1.165, 1.54) is 0 Å². The highest BCUT2D eigenvalue weighted by molar-refractivity contribution is 7.89. The van der Waals surface area contributed by atoms with E-state index in [-0.39, 0.29) is 6.10 Å². The predicted octanol–water partition coefficient (Wildman–Crippen LogP) is -0.0195. The van der Waals surface area contributed by atoms with Gasteiger partial charge in [-0.2, -0.15) is 5.26 Å². The molecule has 0 heterocycles. The average molecular weight is 232 g/mol. The Labute approximate surface area is 90.2 Å². The Kier molecular flexibility index (Phi) is 4.51. The first kappa shape index (κ1) is 12.4. The molecule has 15 heavy (non-hydrogen) atoms. The quantitative estimate of drug-likeness (QED) is 0.712. The molecule has 1 aliphatic rings. The standard InChI is InChI=1S/C9H16N2O3S/c10-5-6-15(13,14)11-7-8-1-3-9(12)4-2-8/h8-9,11-12H,1-4,6-7H2. The summed E-state index contributed by atoms with van der Waals surface area (Å²) in [7, 11) is -3.42. The Morgan fingerprint density at radius 3 is 2.47 bits per heavy atom. The summed E-state index contributed by atoms with van der Waals surface area (Å²) in [5.74, 6) is -0.190. The second-order valence-corrected chi connectivity index (χ2v) is 5.75. The highest BCUT2D eigenvalue weighted by Gasteiger charge is 2.20. The zero-order valence-corrected chi connectivity index (χ0v) is 9.33. The van der Waals surface area contributed by atoms with Crippen LogP contribution >= 0.6 is 0 Å². The van der Waals surface area contributed by atoms with Gasteiger partial charge >= 0.3 is 0 Å². The van der Waals surface area contributed by atoms with E-state index in [0.717, 1.165) is 25.7 Å². The van der Waals surface area contributed by atoms with Crippen molar-refractivity contribution in [3.05, 3.63) is 0 Å². The van der Waals surface area contributed by atoms with Crippen LogP contribution in [0.4, 0.5) is 0 Å². The molecule has 1 fully saturated rings. The van der Waals surface area contributed by atoms with Crippen molar-refractivity contribution in [2.75, 3.05) is 12.3 Å². The molecule has 0 aromatic carbocycles. The van der Waals surface area contributed by atoms with Crippen LogP contribution in [-0.2, 0) is 10.0 Å². The number of aliphatic hydroxyl groups is 1. The molecule has 0 aromatic rings. The zero-order valence-electron chi connectivity index (χ0n) is 8.52. The first-order valence-electron chi connectivity index (χ1n) is 5.06. The van der Waals surface area contributed by atoms with Crippen molar-refractivity contribution in [3.63, 3.8) is 0 Å². The van der Waals surface area contributed by atoms with Crippen molar-refractivity contribution in [1.29, 1.82) is 5.26 Å². The third kappa shape index (κ3) is 4.60. The average Bonchev–Trinajstić information content (AvgIpc) is 2.17. The molecule has 0 saturated heterocycles. The summed E-state index contributed by atoms with van der Waals surface area (Å²) in [5.41, 5.74) is 0. The molecule has 0 spiro atoms. The van der Waals surface area contributed by atoms with Crippen LogP contribution in [0.5, 0.6) is 0 Å². The molecule has 0 atom stereocenters. The van der Waals surface area contributed by atoms with Crippen molar-refractivity contribution in [2.24, 2.45) is 5.92 Å². The molecular formula is C9H16N2O3S. The fourth-order valence-corrected chi connectivity index (χ4v) is 2.49. The van der Waals surface area contributed by atoms with Crippen LogP contribution in [0.1, 0.15) is 25.7 Å². The molecular weight excluding hydrogens is 216 g/mol. The Balaban J connectivity index is 2.29. The van der Waals surface area contributed by atoms with Gasteiger partial charge in [-0.3, -0.25) is 0 Å². The van der Waals surface area contributed by atoms with Gasteiger partial charge in [0.05, 0.1) is 12.2 Å². The predicted molar refractivity (Wildman–Crippen MR) is 55.4 cm³/mol. The van der Waals surface area contributed by atoms with Crippen LogP contribution in [0.2, 0.25) is 0 Å². The van der Waals surface area contributed by atoms with Gasteiger partial charge in [-0.15, -0.1) is 0 Å². The first-order chi connectivity index (χ1) is 7.03. The molecule has 1 saturated carbocycles. The molecule has 86 valence electrons. The molecule has 0 radical (unpaired) electrons. The van der Waals surface area contributed by atoms with Crippen molar-refractivity contribution < 1.29 is 13.5 Å². The van der Waals surface area contributed by atoms with E-state index in [9.17, 15) is 13.5 Å². The summed E-state index contributed by atoms with van der Waals surface area (Å²) >= 11 is 0. The Morgan fingerprint density at radius 1 is 1.33 bits per heavy atom. The van der Waals surface area contributed by atoms with E-state index < -0.39 is 15.8 Å². The number of nitrogens with zero attached hydrogens (tertiary/aromatic N) is 1. The lowest BCUT2D eigenvalue weighted by atomic mass is 9.88. The first-order valence-corrected chi connectivity index (χ1v) is 6.71. The number of nitrogens with one attached hydrogen (secondary N) is 1. The molecule has 6 heteroatoms. The van der Waals surface area contributed by atoms with Gasteiger partial charge in [0.15, 0.2) is 5.75 Å². The van der Waals surface area contributed by atoms with Crippen molar-refractivity contribution in [2.45, 2.75) is 31.8 Å². The minimum atomic E-state index is -3.42. The molecule has 1 aliphatic carbocycles. The van der Waals surface area contributed by atoms with Gasteiger partial charge in [-0.1, -0.05) is 0 Å². The van der Waals surface area contributed by atoms with Crippen LogP contribution in [0.15, 0.2) is 0 Å². The summed E-state index contributed by atoms with van der Waals surface area (Å²) in [4.78, 5) is 0. The van der Waals surface area contributed by atoms with Gasteiger partial charge in [0.25, 0.3) is 0 Å². The summed E-state index contributed by atoms with van der Waals surface area (Å²) in [5, 5.41) is 17.5. The Bertz CT molecular complexity index is 326. The van der Waals surface area contributed by atoms with E-state index in [1.54, 1.807) is 6.07 Å². The topological polar surface area (TPSA) is 90.2 Å². The fraction of sp³-hybridized carbons (Fsp3) is 0.889. The fourth-order valence-electron chi connectivity index (χ4n) is 1.73. The van der Waals surface area contributed by atoms with Crippen LogP contribution in [0, 0.1) is 17.2 Å². The molecule has 1 rings (SSSR count). The van der Waals surface area contributed by atoms with E-state index in [1.807, 2.05) is 0 Å². The van der Waals surface area contributed by atoms with E-state index >= 15 is 0 Å². The number of hydrogen-bond acceptors (Lipinski definition) is 4. The van der Waals surface area contributed by atoms with Gasteiger partial charge in [-0.25, -0.2) is 13.1 Å². The van der Waals surface area contributed by atoms with Gasteiger partial charge in [-0.05, 0) is 31.6 Å². The zero-order chi connectivity index (χ0) is 11.3. The maximum Gasteiger partial charge on any atom is 0.225 e. The number of nitriles is 1. The lowest BCUT2D eigenvalue weighted by molar-refractivity contribution is 0.110. The van der Waals surface area contributed by atoms with Crippen molar-refractivity contribution >= 4 is 10.0 Å². The molecule has 0 unspecified atom stereocenters. The number of hydrogen-bond donors (Lipinski definition) is 2. The monoisotopic (exact) mass is 232 g/mol. The second-order valence-electron chi connectivity index (χ2n) is 3.94. The molecule has 0 bridgehead atoms. The molecule has 0 amide bonds. The third-order valence-corrected chi connectivity index (χ3v) is 3.78. The maximum atomic E-state index is 11.2. The summed E-state index contributed by atoms with van der Waals surface area (Å²) in [6, 6.07) is 1.61. The molecule has 2 N–H and O–H groups in total. The maximum absolute atomic E-state index is 11.2. The summed E-state index contributed by atoms with van der Waals surface area (Å²) < 4.78 is 24.7. The second kappa shape index (κ2) is 5.45. The Morgan fingerprint density at radius 2 is 1.93 bits per heavy atom. The van der Waals surface area contributed by atoms with Gasteiger partial charge in [0.2, 0.25) is 10.0 Å². The lowest BCUT2D eigenvalue weighted by Crippen LogP contribution is -2.33. The normalized spacial score (nSPS) is 27.2. The molecule has 0 aliphatic heterocycles. The SMILES string of the molecule is N#CCS(=O)(=O)NCC1CCC(O)CC1. The lowest BCUT2D eigenvalue weighted by Gasteiger charge is -2.25. The van der Waals surface area contributed by atoms with Crippen LogP contribution in [-0.4, -0.2) is 31.9 Å². The van der Waals surface area contributed by atoms with Crippen LogP contribution in [0.3, 0.4) is 0 Å². The van der Waals surface area contributed by atoms with E-state index in [2.05, 4.69) is 4.72 Å². The van der Waals surface area contributed by atoms with Crippen molar-refractivity contribution in [1.82, 2.24) is 4.72 Å². The van der Waals surface area contributed by atoms with Gasteiger partial charge in [0.1, 0.15) is 0 Å². The van der Waals surface area contributed by atoms with Gasteiger partial charge in [0, 0.05) is 6.54 Å². The Hall–Kier alpha value is -0.640. The highest BCUT2D eigenvalue weighted by atomic mass is 32.2. The molecule has 0 aromatic heterocycles. The minimum Gasteiger partial charge on any atom is -0.393 e. The third-order valence-electron chi connectivity index (χ3n) is 2.66. The largest absolute Gasteiger partial charge is 0.393 e. The summed E-state index contributed by atoms with van der Waals surface area (Å²) in [6.45, 7) is 0.386. The van der Waals surface area contributed by atoms with E-state index in [4.69, 9.17) is 5.26 Å².